The highest BCUT2D eigenvalue weighted by Gasteiger charge is 2.10. The maximum Gasteiger partial charge on any atom is 0.262 e. The molecule has 0 spiro atoms. The summed E-state index contributed by atoms with van der Waals surface area (Å²) < 4.78 is 10.4. The van der Waals surface area contributed by atoms with Crippen molar-refractivity contribution in [3.8, 4) is 11.5 Å². The molecule has 5 nitrogen and oxygen atoms in total. The zero-order chi connectivity index (χ0) is 16.8. The Bertz CT molecular complexity index is 731. The van der Waals surface area contributed by atoms with E-state index in [1.54, 1.807) is 36.4 Å². The number of aldehydes is 1. The number of methoxy groups -OCH3 is 1. The minimum absolute atomic E-state index is 0.223. The van der Waals surface area contributed by atoms with E-state index in [4.69, 9.17) is 21.1 Å². The van der Waals surface area contributed by atoms with Crippen molar-refractivity contribution >= 4 is 29.5 Å². The molecule has 0 atom stereocenters. The normalized spacial score (nSPS) is 10.0. The lowest BCUT2D eigenvalue weighted by molar-refractivity contribution is -0.118. The zero-order valence-corrected chi connectivity index (χ0v) is 13.5. The Hall–Kier alpha value is -2.53. The third-order valence-electron chi connectivity index (χ3n) is 3.24. The van der Waals surface area contributed by atoms with Crippen molar-refractivity contribution in [2.45, 2.75) is 6.92 Å². The monoisotopic (exact) mass is 333 g/mol. The standard InChI is InChI=1S/C17H16ClNO4/c1-11-14(18)4-3-5-15(11)19-17(21)10-23-16-7-6-13(22-2)8-12(16)9-20/h3-9H,10H2,1-2H3,(H,19,21). The van der Waals surface area contributed by atoms with Crippen molar-refractivity contribution in [2.75, 3.05) is 19.0 Å². The molecule has 2 aromatic carbocycles. The topological polar surface area (TPSA) is 64.6 Å². The number of nitrogens with one attached hydrogen (secondary N) is 1. The molecule has 120 valence electrons. The van der Waals surface area contributed by atoms with Crippen LogP contribution in [0.15, 0.2) is 36.4 Å². The van der Waals surface area contributed by atoms with Crippen LogP contribution in [0.3, 0.4) is 0 Å². The predicted octanol–water partition coefficient (Wildman–Crippen LogP) is 3.49. The molecule has 2 rings (SSSR count). The first-order valence-electron chi connectivity index (χ1n) is 6.86. The summed E-state index contributed by atoms with van der Waals surface area (Å²) in [7, 11) is 1.51. The van der Waals surface area contributed by atoms with E-state index in [0.717, 1.165) is 5.56 Å². The SMILES string of the molecule is COc1ccc(OCC(=O)Nc2cccc(Cl)c2C)c(C=O)c1. The molecule has 0 radical (unpaired) electrons. The average Bonchev–Trinajstić information content (AvgIpc) is 2.57. The Morgan fingerprint density at radius 2 is 2.09 bits per heavy atom. The summed E-state index contributed by atoms with van der Waals surface area (Å²) in [5.41, 5.74) is 1.72. The van der Waals surface area contributed by atoms with Gasteiger partial charge in [0.05, 0.1) is 12.7 Å². The van der Waals surface area contributed by atoms with E-state index >= 15 is 0 Å². The van der Waals surface area contributed by atoms with Crippen LogP contribution in [0.5, 0.6) is 11.5 Å². The van der Waals surface area contributed by atoms with Gasteiger partial charge in [-0.2, -0.15) is 0 Å². The van der Waals surface area contributed by atoms with Gasteiger partial charge in [-0.05, 0) is 42.8 Å². The van der Waals surface area contributed by atoms with Gasteiger partial charge in [0.25, 0.3) is 5.91 Å². The molecule has 0 aromatic heterocycles. The molecule has 0 aliphatic heterocycles. The van der Waals surface area contributed by atoms with Gasteiger partial charge in [0.1, 0.15) is 11.5 Å². The molecule has 1 N–H and O–H groups in total. The molecule has 23 heavy (non-hydrogen) atoms. The molecule has 0 saturated heterocycles. The molecule has 2 aromatic rings. The maximum absolute atomic E-state index is 12.0. The van der Waals surface area contributed by atoms with Gasteiger partial charge < -0.3 is 14.8 Å². The molecule has 0 unspecified atom stereocenters. The molecule has 1 amide bonds. The van der Waals surface area contributed by atoms with Gasteiger partial charge in [0.2, 0.25) is 0 Å². The second kappa shape index (κ2) is 7.65. The largest absolute Gasteiger partial charge is 0.497 e. The third-order valence-corrected chi connectivity index (χ3v) is 3.65. The van der Waals surface area contributed by atoms with Crippen LogP contribution in [0.1, 0.15) is 15.9 Å². The summed E-state index contributed by atoms with van der Waals surface area (Å²) in [6, 6.07) is 10.0. The van der Waals surface area contributed by atoms with Crippen LogP contribution in [-0.2, 0) is 4.79 Å². The van der Waals surface area contributed by atoms with Gasteiger partial charge in [-0.15, -0.1) is 0 Å². The number of rotatable bonds is 6. The van der Waals surface area contributed by atoms with Crippen LogP contribution < -0.4 is 14.8 Å². The van der Waals surface area contributed by atoms with Crippen molar-refractivity contribution < 1.29 is 19.1 Å². The molecule has 0 aliphatic rings. The van der Waals surface area contributed by atoms with Crippen LogP contribution in [-0.4, -0.2) is 25.9 Å². The van der Waals surface area contributed by atoms with Crippen molar-refractivity contribution in [2.24, 2.45) is 0 Å². The molecule has 0 saturated carbocycles. The minimum Gasteiger partial charge on any atom is -0.497 e. The van der Waals surface area contributed by atoms with Crippen molar-refractivity contribution in [3.05, 3.63) is 52.5 Å². The lowest BCUT2D eigenvalue weighted by atomic mass is 10.2. The Kier molecular flexibility index (Phi) is 5.60. The van der Waals surface area contributed by atoms with E-state index < -0.39 is 0 Å². The van der Waals surface area contributed by atoms with Crippen LogP contribution >= 0.6 is 11.6 Å². The Labute approximate surface area is 139 Å². The fourth-order valence-corrected chi connectivity index (χ4v) is 2.12. The number of anilines is 1. The number of hydrogen-bond acceptors (Lipinski definition) is 4. The lowest BCUT2D eigenvalue weighted by Crippen LogP contribution is -2.21. The quantitative estimate of drug-likeness (QED) is 0.822. The number of hydrogen-bond donors (Lipinski definition) is 1. The number of carbonyl (C=O) groups is 2. The maximum atomic E-state index is 12.0. The molecule has 0 fully saturated rings. The van der Waals surface area contributed by atoms with E-state index in [1.807, 2.05) is 6.92 Å². The lowest BCUT2D eigenvalue weighted by Gasteiger charge is -2.12. The van der Waals surface area contributed by atoms with Crippen molar-refractivity contribution in [1.82, 2.24) is 0 Å². The number of amides is 1. The van der Waals surface area contributed by atoms with E-state index in [-0.39, 0.29) is 12.5 Å². The highest BCUT2D eigenvalue weighted by Crippen LogP contribution is 2.24. The van der Waals surface area contributed by atoms with Gasteiger partial charge in [0, 0.05) is 10.7 Å². The van der Waals surface area contributed by atoms with E-state index in [2.05, 4.69) is 5.32 Å². The highest BCUT2D eigenvalue weighted by molar-refractivity contribution is 6.31. The fraction of sp³-hybridized carbons (Fsp3) is 0.176. The molecule has 0 heterocycles. The Morgan fingerprint density at radius 1 is 1.30 bits per heavy atom. The first-order chi connectivity index (χ1) is 11.0. The van der Waals surface area contributed by atoms with Crippen LogP contribution in [0.2, 0.25) is 5.02 Å². The first kappa shape index (κ1) is 16.8. The van der Waals surface area contributed by atoms with Crippen molar-refractivity contribution in [1.29, 1.82) is 0 Å². The van der Waals surface area contributed by atoms with Crippen LogP contribution in [0, 0.1) is 6.92 Å². The molecular formula is C17H16ClNO4. The van der Waals surface area contributed by atoms with Crippen LogP contribution in [0.4, 0.5) is 5.69 Å². The number of benzene rings is 2. The Morgan fingerprint density at radius 3 is 2.78 bits per heavy atom. The van der Waals surface area contributed by atoms with Crippen molar-refractivity contribution in [3.63, 3.8) is 0 Å². The smallest absolute Gasteiger partial charge is 0.262 e. The summed E-state index contributed by atoms with van der Waals surface area (Å²) >= 11 is 6.01. The summed E-state index contributed by atoms with van der Waals surface area (Å²) in [6.45, 7) is 1.59. The van der Waals surface area contributed by atoms with Gasteiger partial charge in [-0.3, -0.25) is 9.59 Å². The van der Waals surface area contributed by atoms with E-state index in [0.29, 0.717) is 34.1 Å². The van der Waals surface area contributed by atoms with Gasteiger partial charge in [-0.25, -0.2) is 0 Å². The van der Waals surface area contributed by atoms with E-state index in [1.165, 1.54) is 7.11 Å². The number of halogens is 1. The number of carbonyl (C=O) groups excluding carboxylic acids is 2. The molecule has 0 aliphatic carbocycles. The van der Waals surface area contributed by atoms with Gasteiger partial charge in [0.15, 0.2) is 12.9 Å². The zero-order valence-electron chi connectivity index (χ0n) is 12.8. The summed E-state index contributed by atoms with van der Waals surface area (Å²) in [5, 5.41) is 3.29. The average molecular weight is 334 g/mol. The molecule has 6 heteroatoms. The predicted molar refractivity (Wildman–Crippen MR) is 88.7 cm³/mol. The second-order valence-corrected chi connectivity index (χ2v) is 5.18. The first-order valence-corrected chi connectivity index (χ1v) is 7.24. The molecule has 0 bridgehead atoms. The van der Waals surface area contributed by atoms with Crippen LogP contribution in [0.25, 0.3) is 0 Å². The summed E-state index contributed by atoms with van der Waals surface area (Å²) in [6.07, 6.45) is 0.650. The minimum atomic E-state index is -0.344. The summed E-state index contributed by atoms with van der Waals surface area (Å²) in [4.78, 5) is 23.0. The van der Waals surface area contributed by atoms with Gasteiger partial charge >= 0.3 is 0 Å². The third kappa shape index (κ3) is 4.23. The Balaban J connectivity index is 2.02. The molecular weight excluding hydrogens is 318 g/mol. The summed E-state index contributed by atoms with van der Waals surface area (Å²) in [5.74, 6) is 0.514. The highest BCUT2D eigenvalue weighted by atomic mass is 35.5. The fourth-order valence-electron chi connectivity index (χ4n) is 1.95. The van der Waals surface area contributed by atoms with E-state index in [9.17, 15) is 9.59 Å². The second-order valence-electron chi connectivity index (χ2n) is 4.77. The number of ether oxygens (including phenoxy) is 2. The van der Waals surface area contributed by atoms with Gasteiger partial charge in [-0.1, -0.05) is 17.7 Å².